The van der Waals surface area contributed by atoms with Crippen molar-refractivity contribution in [2.24, 2.45) is 0 Å². The largest absolute Gasteiger partial charge is 0.302 e. The number of piperazine rings is 1. The number of benzene rings is 1. The molecule has 1 aromatic carbocycles. The molecule has 0 N–H and O–H groups in total. The van der Waals surface area contributed by atoms with Crippen molar-refractivity contribution < 1.29 is 12.8 Å². The zero-order chi connectivity index (χ0) is 17.2. The summed E-state index contributed by atoms with van der Waals surface area (Å²) in [4.78, 5) is 4.96. The molecule has 0 bridgehead atoms. The number of hydrogen-bond donors (Lipinski definition) is 0. The maximum Gasteiger partial charge on any atom is 0.243 e. The summed E-state index contributed by atoms with van der Waals surface area (Å²) in [6, 6.07) is 5.66. The van der Waals surface area contributed by atoms with E-state index in [1.165, 1.54) is 47.8 Å². The Morgan fingerprint density at radius 3 is 2.33 bits per heavy atom. The number of sulfonamides is 1. The van der Waals surface area contributed by atoms with Gasteiger partial charge in [-0.15, -0.1) is 0 Å². The van der Waals surface area contributed by atoms with Gasteiger partial charge >= 0.3 is 0 Å². The molecule has 0 aromatic heterocycles. The Bertz CT molecular complexity index is 642. The zero-order valence-corrected chi connectivity index (χ0v) is 15.0. The van der Waals surface area contributed by atoms with E-state index in [-0.39, 0.29) is 4.90 Å². The Labute approximate surface area is 144 Å². The highest BCUT2D eigenvalue weighted by molar-refractivity contribution is 7.89. The summed E-state index contributed by atoms with van der Waals surface area (Å²) in [5.41, 5.74) is 0. The van der Waals surface area contributed by atoms with E-state index in [1.807, 2.05) is 0 Å². The molecule has 2 aliphatic heterocycles. The van der Waals surface area contributed by atoms with Gasteiger partial charge in [-0.1, -0.05) is 6.42 Å². The van der Waals surface area contributed by atoms with Crippen LogP contribution in [0, 0.1) is 5.82 Å². The summed E-state index contributed by atoms with van der Waals surface area (Å²) >= 11 is 0. The normalized spacial score (nSPS) is 25.0. The predicted molar refractivity (Wildman–Crippen MR) is 91.9 cm³/mol. The van der Waals surface area contributed by atoms with E-state index in [4.69, 9.17) is 0 Å². The van der Waals surface area contributed by atoms with Crippen LogP contribution in [0.5, 0.6) is 0 Å². The standard InChI is InChI=1S/C17H26FN3O2S/c1-19-9-3-2-4-16(19)14-20-10-12-21(13-11-20)24(22,23)17-7-5-15(18)6-8-17/h5-8,16H,2-4,9-14H2,1H3/t16-/m1/s1. The van der Waals surface area contributed by atoms with Crippen LogP contribution < -0.4 is 0 Å². The lowest BCUT2D eigenvalue weighted by Gasteiger charge is -2.39. The Morgan fingerprint density at radius 2 is 1.71 bits per heavy atom. The molecule has 134 valence electrons. The van der Waals surface area contributed by atoms with Crippen molar-refractivity contribution in [1.82, 2.24) is 14.1 Å². The van der Waals surface area contributed by atoms with Gasteiger partial charge in [0.1, 0.15) is 5.82 Å². The van der Waals surface area contributed by atoms with E-state index in [2.05, 4.69) is 16.8 Å². The van der Waals surface area contributed by atoms with Crippen molar-refractivity contribution in [3.63, 3.8) is 0 Å². The average molecular weight is 355 g/mol. The molecule has 5 nitrogen and oxygen atoms in total. The Hall–Kier alpha value is -1.02. The zero-order valence-electron chi connectivity index (χ0n) is 14.2. The molecule has 1 atom stereocenters. The second-order valence-electron chi connectivity index (χ2n) is 6.79. The smallest absolute Gasteiger partial charge is 0.243 e. The fraction of sp³-hybridized carbons (Fsp3) is 0.647. The van der Waals surface area contributed by atoms with Gasteiger partial charge in [0.2, 0.25) is 10.0 Å². The number of nitrogens with zero attached hydrogens (tertiary/aromatic N) is 3. The van der Waals surface area contributed by atoms with Gasteiger partial charge in [-0.05, 0) is 50.7 Å². The number of likely N-dealkylation sites (N-methyl/N-ethyl adjacent to an activating group) is 1. The molecule has 2 aliphatic rings. The predicted octanol–water partition coefficient (Wildman–Crippen LogP) is 1.62. The van der Waals surface area contributed by atoms with Crippen LogP contribution in [0.25, 0.3) is 0 Å². The van der Waals surface area contributed by atoms with E-state index in [9.17, 15) is 12.8 Å². The van der Waals surface area contributed by atoms with Gasteiger partial charge in [0, 0.05) is 38.8 Å². The molecular weight excluding hydrogens is 329 g/mol. The number of hydrogen-bond acceptors (Lipinski definition) is 4. The van der Waals surface area contributed by atoms with Gasteiger partial charge in [0.15, 0.2) is 0 Å². The van der Waals surface area contributed by atoms with Crippen molar-refractivity contribution in [1.29, 1.82) is 0 Å². The first-order valence-electron chi connectivity index (χ1n) is 8.65. The van der Waals surface area contributed by atoms with Gasteiger partial charge in [-0.3, -0.25) is 4.90 Å². The highest BCUT2D eigenvalue weighted by atomic mass is 32.2. The highest BCUT2D eigenvalue weighted by Gasteiger charge is 2.30. The van der Waals surface area contributed by atoms with E-state index in [0.29, 0.717) is 19.1 Å². The van der Waals surface area contributed by atoms with Gasteiger partial charge < -0.3 is 4.90 Å². The SMILES string of the molecule is CN1CCCC[C@@H]1CN1CCN(S(=O)(=O)c2ccc(F)cc2)CC1. The second kappa shape index (κ2) is 7.47. The number of likely N-dealkylation sites (tertiary alicyclic amines) is 1. The van der Waals surface area contributed by atoms with E-state index in [1.54, 1.807) is 0 Å². The monoisotopic (exact) mass is 355 g/mol. The summed E-state index contributed by atoms with van der Waals surface area (Å²) in [6.45, 7) is 4.67. The van der Waals surface area contributed by atoms with Crippen molar-refractivity contribution in [3.8, 4) is 0 Å². The highest BCUT2D eigenvalue weighted by Crippen LogP contribution is 2.20. The first-order valence-corrected chi connectivity index (χ1v) is 10.1. The van der Waals surface area contributed by atoms with Crippen LogP contribution >= 0.6 is 0 Å². The van der Waals surface area contributed by atoms with Crippen LogP contribution in [-0.2, 0) is 10.0 Å². The summed E-state index contributed by atoms with van der Waals surface area (Å²) in [7, 11) is -1.34. The van der Waals surface area contributed by atoms with Crippen LogP contribution in [0.2, 0.25) is 0 Å². The van der Waals surface area contributed by atoms with Crippen LogP contribution in [0.1, 0.15) is 19.3 Å². The molecule has 0 saturated carbocycles. The molecule has 0 radical (unpaired) electrons. The molecule has 0 amide bonds. The first-order chi connectivity index (χ1) is 11.5. The van der Waals surface area contributed by atoms with Gasteiger partial charge in [-0.2, -0.15) is 4.31 Å². The molecule has 24 heavy (non-hydrogen) atoms. The lowest BCUT2D eigenvalue weighted by atomic mass is 10.0. The minimum absolute atomic E-state index is 0.171. The summed E-state index contributed by atoms with van der Waals surface area (Å²) in [5, 5.41) is 0. The van der Waals surface area contributed by atoms with Crippen LogP contribution in [0.15, 0.2) is 29.2 Å². The first kappa shape index (κ1) is 17.8. The molecule has 2 fully saturated rings. The Kier molecular flexibility index (Phi) is 5.54. The summed E-state index contributed by atoms with van der Waals surface area (Å²) in [5.74, 6) is -0.421. The molecule has 0 aliphatic carbocycles. The summed E-state index contributed by atoms with van der Waals surface area (Å²) in [6.07, 6.45) is 3.79. The summed E-state index contributed by atoms with van der Waals surface area (Å²) < 4.78 is 39.8. The van der Waals surface area contributed by atoms with Gasteiger partial charge in [0.25, 0.3) is 0 Å². The third-order valence-corrected chi connectivity index (χ3v) is 7.09. The van der Waals surface area contributed by atoms with Crippen molar-refractivity contribution >= 4 is 10.0 Å². The third-order valence-electron chi connectivity index (χ3n) is 5.17. The Balaban J connectivity index is 1.57. The minimum atomic E-state index is -3.52. The third kappa shape index (κ3) is 3.96. The maximum atomic E-state index is 13.0. The number of halogens is 1. The lowest BCUT2D eigenvalue weighted by molar-refractivity contribution is 0.106. The molecular formula is C17H26FN3O2S. The molecule has 1 aromatic rings. The second-order valence-corrected chi connectivity index (χ2v) is 8.73. The minimum Gasteiger partial charge on any atom is -0.302 e. The average Bonchev–Trinajstić information content (AvgIpc) is 2.58. The van der Waals surface area contributed by atoms with Crippen molar-refractivity contribution in [2.75, 3.05) is 46.3 Å². The molecule has 3 rings (SSSR count). The maximum absolute atomic E-state index is 13.0. The number of rotatable bonds is 4. The lowest BCUT2D eigenvalue weighted by Crippen LogP contribution is -2.52. The van der Waals surface area contributed by atoms with E-state index in [0.717, 1.165) is 26.2 Å². The fourth-order valence-corrected chi connectivity index (χ4v) is 5.00. The van der Waals surface area contributed by atoms with Crippen molar-refractivity contribution in [3.05, 3.63) is 30.1 Å². The van der Waals surface area contributed by atoms with Crippen LogP contribution in [0.4, 0.5) is 4.39 Å². The van der Waals surface area contributed by atoms with Crippen molar-refractivity contribution in [2.45, 2.75) is 30.2 Å². The molecule has 0 spiro atoms. The number of piperidine rings is 1. The van der Waals surface area contributed by atoms with Crippen LogP contribution in [0.3, 0.4) is 0 Å². The van der Waals surface area contributed by atoms with Gasteiger partial charge in [0.05, 0.1) is 4.90 Å². The fourth-order valence-electron chi connectivity index (χ4n) is 3.58. The quantitative estimate of drug-likeness (QED) is 0.823. The Morgan fingerprint density at radius 1 is 1.04 bits per heavy atom. The van der Waals surface area contributed by atoms with Gasteiger partial charge in [-0.25, -0.2) is 12.8 Å². The topological polar surface area (TPSA) is 43.9 Å². The van der Waals surface area contributed by atoms with Crippen LogP contribution in [-0.4, -0.2) is 74.9 Å². The van der Waals surface area contributed by atoms with E-state index >= 15 is 0 Å². The molecule has 7 heteroatoms. The molecule has 0 unspecified atom stereocenters. The molecule has 2 heterocycles. The van der Waals surface area contributed by atoms with E-state index < -0.39 is 15.8 Å². The molecule has 2 saturated heterocycles.